The number of aliphatic hydroxyl groups excluding tert-OH is 3. The maximum absolute atomic E-state index is 12.2. The second-order valence-electron chi connectivity index (χ2n) is 10.9. The highest BCUT2D eigenvalue weighted by atomic mass is 16.5. The minimum absolute atomic E-state index is 0.0325. The first-order chi connectivity index (χ1) is 14.4. The summed E-state index contributed by atoms with van der Waals surface area (Å²) < 4.78 is 5.43. The Morgan fingerprint density at radius 3 is 2.52 bits per heavy atom. The van der Waals surface area contributed by atoms with E-state index >= 15 is 0 Å². The molecule has 6 heteroatoms. The molecule has 0 aromatic heterocycles. The van der Waals surface area contributed by atoms with E-state index in [1.165, 1.54) is 0 Å². The molecule has 0 heterocycles. The summed E-state index contributed by atoms with van der Waals surface area (Å²) >= 11 is 0. The molecule has 2 bridgehead atoms. The molecule has 1 spiro atoms. The van der Waals surface area contributed by atoms with Crippen LogP contribution in [0.4, 0.5) is 0 Å². The molecule has 4 aliphatic rings. The summed E-state index contributed by atoms with van der Waals surface area (Å²) in [6.07, 6.45) is 2.29. The highest BCUT2D eigenvalue weighted by Crippen LogP contribution is 2.72. The zero-order chi connectivity index (χ0) is 23.1. The van der Waals surface area contributed by atoms with Crippen molar-refractivity contribution in [1.29, 1.82) is 0 Å². The van der Waals surface area contributed by atoms with E-state index in [-0.39, 0.29) is 29.8 Å². The van der Waals surface area contributed by atoms with Gasteiger partial charge in [-0.05, 0) is 61.5 Å². The van der Waals surface area contributed by atoms with Crippen LogP contribution in [0.1, 0.15) is 48.0 Å². The van der Waals surface area contributed by atoms with Gasteiger partial charge in [-0.3, -0.25) is 0 Å². The van der Waals surface area contributed by atoms with Crippen LogP contribution in [-0.2, 0) is 9.53 Å². The van der Waals surface area contributed by atoms with Crippen LogP contribution in [0.15, 0.2) is 34.9 Å². The predicted octanol–water partition coefficient (Wildman–Crippen LogP) is 2.12. The van der Waals surface area contributed by atoms with Crippen molar-refractivity contribution in [2.45, 2.75) is 71.9 Å². The summed E-state index contributed by atoms with van der Waals surface area (Å²) in [7, 11) is 0. The van der Waals surface area contributed by atoms with Crippen LogP contribution in [0.3, 0.4) is 0 Å². The van der Waals surface area contributed by atoms with Crippen LogP contribution in [0, 0.1) is 34.5 Å². The number of carbonyl (C=O) groups is 1. The molecular formula is C25H36O6. The van der Waals surface area contributed by atoms with Gasteiger partial charge in [0.05, 0.1) is 11.5 Å². The highest BCUT2D eigenvalue weighted by Gasteiger charge is 2.75. The van der Waals surface area contributed by atoms with Crippen molar-refractivity contribution in [2.24, 2.45) is 34.5 Å². The number of fused-ring (bicyclic) bond motifs is 3. The fraction of sp³-hybridized carbons (Fsp3) is 0.720. The van der Waals surface area contributed by atoms with Gasteiger partial charge in [0.1, 0.15) is 24.4 Å². The van der Waals surface area contributed by atoms with Crippen molar-refractivity contribution < 1.29 is 30.0 Å². The van der Waals surface area contributed by atoms with Gasteiger partial charge in [-0.25, -0.2) is 4.79 Å². The molecule has 0 aromatic rings. The first-order valence-corrected chi connectivity index (χ1v) is 11.3. The van der Waals surface area contributed by atoms with Crippen LogP contribution in [-0.4, -0.2) is 56.9 Å². The van der Waals surface area contributed by atoms with Crippen LogP contribution in [0.2, 0.25) is 0 Å². The van der Waals surface area contributed by atoms with E-state index < -0.39 is 35.3 Å². The zero-order valence-corrected chi connectivity index (χ0v) is 19.3. The average Bonchev–Trinajstić information content (AvgIpc) is 3.22. The molecular weight excluding hydrogens is 396 g/mol. The van der Waals surface area contributed by atoms with E-state index in [4.69, 9.17) is 4.74 Å². The third kappa shape index (κ3) is 2.74. The molecule has 9 atom stereocenters. The van der Waals surface area contributed by atoms with Gasteiger partial charge in [0.25, 0.3) is 0 Å². The van der Waals surface area contributed by atoms with Crippen molar-refractivity contribution >= 4 is 5.97 Å². The molecule has 0 aromatic carbocycles. The molecule has 4 rings (SSSR count). The monoisotopic (exact) mass is 432 g/mol. The topological polar surface area (TPSA) is 107 Å². The molecule has 2 saturated carbocycles. The molecule has 4 N–H and O–H groups in total. The van der Waals surface area contributed by atoms with E-state index in [0.717, 1.165) is 6.42 Å². The molecule has 2 unspecified atom stereocenters. The van der Waals surface area contributed by atoms with Crippen molar-refractivity contribution in [1.82, 2.24) is 0 Å². The van der Waals surface area contributed by atoms with Gasteiger partial charge >= 0.3 is 5.97 Å². The van der Waals surface area contributed by atoms with Crippen molar-refractivity contribution in [2.75, 3.05) is 6.61 Å². The van der Waals surface area contributed by atoms with E-state index in [0.29, 0.717) is 22.6 Å². The minimum atomic E-state index is -2.00. The van der Waals surface area contributed by atoms with E-state index in [1.54, 1.807) is 32.9 Å². The number of hydrogen-bond acceptors (Lipinski definition) is 6. The van der Waals surface area contributed by atoms with Crippen LogP contribution in [0.25, 0.3) is 0 Å². The third-order valence-corrected chi connectivity index (χ3v) is 9.14. The lowest BCUT2D eigenvalue weighted by atomic mass is 9.58. The van der Waals surface area contributed by atoms with Crippen LogP contribution < -0.4 is 0 Å². The Hall–Kier alpha value is -1.47. The van der Waals surface area contributed by atoms with Gasteiger partial charge in [0, 0.05) is 11.5 Å². The summed E-state index contributed by atoms with van der Waals surface area (Å²) in [5.74, 6) is -0.416. The lowest BCUT2D eigenvalue weighted by Gasteiger charge is -2.51. The summed E-state index contributed by atoms with van der Waals surface area (Å²) in [5.41, 5.74) is -1.83. The average molecular weight is 433 g/mol. The Kier molecular flexibility index (Phi) is 5.14. The Morgan fingerprint density at radius 1 is 1.26 bits per heavy atom. The number of aliphatic hydroxyl groups is 4. The van der Waals surface area contributed by atoms with E-state index in [1.807, 2.05) is 13.0 Å². The Morgan fingerprint density at radius 2 is 1.90 bits per heavy atom. The number of ether oxygens (including phenoxy) is 1. The quantitative estimate of drug-likeness (QED) is 0.309. The summed E-state index contributed by atoms with van der Waals surface area (Å²) in [6, 6.07) is 0. The molecule has 6 nitrogen and oxygen atoms in total. The number of hydrogen-bond donors (Lipinski definition) is 4. The summed E-state index contributed by atoms with van der Waals surface area (Å²) in [5, 5.41) is 46.2. The first-order valence-electron chi connectivity index (χ1n) is 11.3. The second kappa shape index (κ2) is 7.01. The second-order valence-corrected chi connectivity index (χ2v) is 10.9. The van der Waals surface area contributed by atoms with Crippen molar-refractivity contribution in [3.05, 3.63) is 34.9 Å². The summed E-state index contributed by atoms with van der Waals surface area (Å²) in [6.45, 7) is 11.3. The van der Waals surface area contributed by atoms with Crippen LogP contribution in [0.5, 0.6) is 0 Å². The highest BCUT2D eigenvalue weighted by molar-refractivity contribution is 5.87. The Balaban J connectivity index is 1.83. The largest absolute Gasteiger partial charge is 0.458 e. The molecule has 0 saturated heterocycles. The fourth-order valence-electron chi connectivity index (χ4n) is 7.11. The molecule has 4 aliphatic carbocycles. The van der Waals surface area contributed by atoms with Crippen LogP contribution >= 0.6 is 0 Å². The fourth-order valence-corrected chi connectivity index (χ4v) is 7.11. The number of carbonyl (C=O) groups excluding carboxylic acids is 1. The maximum Gasteiger partial charge on any atom is 0.333 e. The lowest BCUT2D eigenvalue weighted by molar-refractivity contribution is -0.215. The normalized spacial score (nSPS) is 47.9. The van der Waals surface area contributed by atoms with Gasteiger partial charge in [0.2, 0.25) is 0 Å². The van der Waals surface area contributed by atoms with Crippen molar-refractivity contribution in [3.8, 4) is 0 Å². The first kappa shape index (κ1) is 22.7. The standard InChI is InChI=1S/C25H36O6/c1-7-12(2)22(29)31-11-15-9-16-18-17(23(18,5)6)8-14(4)24(21(16)28)10-13(3)19(26)25(24,30)20(15)27/h7,9-10,14,16-21,26-28,30H,8,11H2,1-6H3/b12-7-/t14-,16+,17-,18+,19+,20-,21?,24?,25-/m1/s1. The van der Waals surface area contributed by atoms with Crippen molar-refractivity contribution in [3.63, 3.8) is 0 Å². The summed E-state index contributed by atoms with van der Waals surface area (Å²) in [4.78, 5) is 12.2. The Bertz CT molecular complexity index is 884. The molecule has 172 valence electrons. The van der Waals surface area contributed by atoms with E-state index in [9.17, 15) is 25.2 Å². The number of allylic oxidation sites excluding steroid dienone is 1. The molecule has 0 amide bonds. The SMILES string of the molecule is C/C=C(/C)C(=O)OCC1=C[C@@H]2C(O)C3(C=C(C)[C@H](O)[C@@]3(O)[C@@H]1O)[C@H](C)C[C@@H]1[C@H]2C1(C)C. The lowest BCUT2D eigenvalue weighted by Crippen LogP contribution is -2.66. The number of rotatable bonds is 3. The maximum atomic E-state index is 12.2. The molecule has 31 heavy (non-hydrogen) atoms. The van der Waals surface area contributed by atoms with Gasteiger partial charge < -0.3 is 25.2 Å². The predicted molar refractivity (Wildman–Crippen MR) is 116 cm³/mol. The van der Waals surface area contributed by atoms with Gasteiger partial charge in [-0.15, -0.1) is 0 Å². The minimum Gasteiger partial charge on any atom is -0.458 e. The Labute approximate surface area is 184 Å². The molecule has 0 aliphatic heterocycles. The smallest absolute Gasteiger partial charge is 0.333 e. The zero-order valence-electron chi connectivity index (χ0n) is 19.3. The van der Waals surface area contributed by atoms with E-state index in [2.05, 4.69) is 13.8 Å². The van der Waals surface area contributed by atoms with Gasteiger partial charge in [0.15, 0.2) is 0 Å². The molecule has 2 fully saturated rings. The molecule has 0 radical (unpaired) electrons. The van der Waals surface area contributed by atoms with Gasteiger partial charge in [-0.2, -0.15) is 0 Å². The number of esters is 1. The van der Waals surface area contributed by atoms with Gasteiger partial charge in [-0.1, -0.05) is 39.0 Å². The third-order valence-electron chi connectivity index (χ3n) is 9.14.